The highest BCUT2D eigenvalue weighted by molar-refractivity contribution is 7.98. The summed E-state index contributed by atoms with van der Waals surface area (Å²) in [7, 11) is 0. The monoisotopic (exact) mass is 288 g/mol. The molecule has 1 aliphatic carbocycles. The maximum atomic E-state index is 11.7. The third kappa shape index (κ3) is 6.52. The lowest BCUT2D eigenvalue weighted by molar-refractivity contribution is 0.0868. The molecule has 1 rings (SSSR count). The fourth-order valence-corrected chi connectivity index (χ4v) is 3.34. The number of nitrogens with one attached hydrogen (secondary N) is 2. The summed E-state index contributed by atoms with van der Waals surface area (Å²) in [5, 5.41) is 15.6. The highest BCUT2D eigenvalue weighted by Crippen LogP contribution is 2.28. The van der Waals surface area contributed by atoms with E-state index in [1.165, 1.54) is 25.7 Å². The summed E-state index contributed by atoms with van der Waals surface area (Å²) in [6.45, 7) is 5.05. The second kappa shape index (κ2) is 8.00. The number of hydrogen-bond acceptors (Lipinski definition) is 3. The Hall–Kier alpha value is -0.420. The Balaban J connectivity index is 2.20. The van der Waals surface area contributed by atoms with Crippen molar-refractivity contribution in [1.82, 2.24) is 10.6 Å². The number of thioether (sulfide) groups is 1. The predicted octanol–water partition coefficient (Wildman–Crippen LogP) is 2.23. The van der Waals surface area contributed by atoms with Crippen molar-refractivity contribution in [3.63, 3.8) is 0 Å². The second-order valence-corrected chi connectivity index (χ2v) is 6.88. The molecule has 3 N–H and O–H groups in total. The molecule has 1 aliphatic rings. The van der Waals surface area contributed by atoms with Gasteiger partial charge in [0.1, 0.15) is 0 Å². The van der Waals surface area contributed by atoms with Crippen molar-refractivity contribution in [2.24, 2.45) is 11.8 Å². The van der Waals surface area contributed by atoms with Gasteiger partial charge in [0.2, 0.25) is 0 Å². The van der Waals surface area contributed by atoms with Crippen LogP contribution in [0.1, 0.15) is 39.5 Å². The van der Waals surface area contributed by atoms with E-state index in [1.807, 2.05) is 6.26 Å². The van der Waals surface area contributed by atoms with Crippen LogP contribution in [-0.2, 0) is 0 Å². The van der Waals surface area contributed by atoms with Crippen molar-refractivity contribution in [1.29, 1.82) is 0 Å². The molecule has 0 radical (unpaired) electrons. The van der Waals surface area contributed by atoms with Crippen LogP contribution < -0.4 is 10.6 Å². The van der Waals surface area contributed by atoms with Crippen molar-refractivity contribution >= 4 is 17.8 Å². The molecule has 4 nitrogen and oxygen atoms in total. The summed E-state index contributed by atoms with van der Waals surface area (Å²) in [5.74, 6) is 1.92. The van der Waals surface area contributed by atoms with Gasteiger partial charge in [0, 0.05) is 18.8 Å². The van der Waals surface area contributed by atoms with E-state index in [-0.39, 0.29) is 6.03 Å². The first-order valence-corrected chi connectivity index (χ1v) is 8.57. The van der Waals surface area contributed by atoms with E-state index in [9.17, 15) is 9.90 Å². The van der Waals surface area contributed by atoms with Gasteiger partial charge in [-0.25, -0.2) is 4.79 Å². The van der Waals surface area contributed by atoms with Crippen LogP contribution in [0.5, 0.6) is 0 Å². The van der Waals surface area contributed by atoms with Crippen molar-refractivity contribution in [3.8, 4) is 0 Å². The Morgan fingerprint density at radius 1 is 1.37 bits per heavy atom. The molecule has 0 aromatic heterocycles. The third-order valence-corrected chi connectivity index (χ3v) is 4.81. The van der Waals surface area contributed by atoms with Crippen LogP contribution in [0.15, 0.2) is 0 Å². The van der Waals surface area contributed by atoms with Crippen molar-refractivity contribution in [2.75, 3.05) is 25.1 Å². The highest BCUT2D eigenvalue weighted by atomic mass is 32.2. The van der Waals surface area contributed by atoms with Gasteiger partial charge in [0.15, 0.2) is 0 Å². The largest absolute Gasteiger partial charge is 0.387 e. The Kier molecular flexibility index (Phi) is 7.00. The zero-order valence-corrected chi connectivity index (χ0v) is 13.2. The lowest BCUT2D eigenvalue weighted by Gasteiger charge is -2.29. The molecule has 3 atom stereocenters. The smallest absolute Gasteiger partial charge is 0.314 e. The molecule has 1 saturated carbocycles. The molecule has 3 unspecified atom stereocenters. The number of amides is 2. The van der Waals surface area contributed by atoms with E-state index in [4.69, 9.17) is 0 Å². The predicted molar refractivity (Wildman–Crippen MR) is 81.5 cm³/mol. The summed E-state index contributed by atoms with van der Waals surface area (Å²) >= 11 is 1.57. The van der Waals surface area contributed by atoms with Crippen LogP contribution in [0.2, 0.25) is 0 Å². The van der Waals surface area contributed by atoms with Gasteiger partial charge in [0.25, 0.3) is 0 Å². The topological polar surface area (TPSA) is 61.4 Å². The van der Waals surface area contributed by atoms with Gasteiger partial charge in [-0.15, -0.1) is 0 Å². The molecule has 0 saturated heterocycles. The van der Waals surface area contributed by atoms with Gasteiger partial charge in [-0.05, 0) is 31.4 Å². The van der Waals surface area contributed by atoms with Crippen LogP contribution in [0.25, 0.3) is 0 Å². The van der Waals surface area contributed by atoms with Gasteiger partial charge in [-0.3, -0.25) is 0 Å². The lowest BCUT2D eigenvalue weighted by atomic mass is 9.80. The number of aliphatic hydroxyl groups is 1. The molecular weight excluding hydrogens is 260 g/mol. The summed E-state index contributed by atoms with van der Waals surface area (Å²) in [6.07, 6.45) is 7.03. The summed E-state index contributed by atoms with van der Waals surface area (Å²) in [6, 6.07) is -0.167. The van der Waals surface area contributed by atoms with E-state index < -0.39 is 5.60 Å². The van der Waals surface area contributed by atoms with E-state index >= 15 is 0 Å². The van der Waals surface area contributed by atoms with Crippen molar-refractivity contribution < 1.29 is 9.90 Å². The minimum atomic E-state index is -0.838. The minimum Gasteiger partial charge on any atom is -0.387 e. The van der Waals surface area contributed by atoms with Gasteiger partial charge < -0.3 is 15.7 Å². The molecule has 0 spiro atoms. The fraction of sp³-hybridized carbons (Fsp3) is 0.929. The normalized spacial score (nSPS) is 26.5. The lowest BCUT2D eigenvalue weighted by Crippen LogP contribution is -2.47. The molecule has 0 aromatic carbocycles. The van der Waals surface area contributed by atoms with E-state index in [0.717, 1.165) is 6.54 Å². The first-order valence-electron chi connectivity index (χ1n) is 7.17. The van der Waals surface area contributed by atoms with Crippen molar-refractivity contribution in [3.05, 3.63) is 0 Å². The number of rotatable bonds is 6. The average Bonchev–Trinajstić information content (AvgIpc) is 2.35. The summed E-state index contributed by atoms with van der Waals surface area (Å²) in [4.78, 5) is 11.7. The Labute approximate surface area is 121 Å². The molecule has 0 aromatic rings. The zero-order chi connectivity index (χ0) is 14.3. The quantitative estimate of drug-likeness (QED) is 0.702. The Bertz CT molecular complexity index is 285. The Morgan fingerprint density at radius 3 is 2.68 bits per heavy atom. The highest BCUT2D eigenvalue weighted by Gasteiger charge is 2.23. The fourth-order valence-electron chi connectivity index (χ4n) is 2.62. The van der Waals surface area contributed by atoms with Crippen LogP contribution >= 0.6 is 11.8 Å². The molecular formula is C14H28N2O2S. The molecule has 0 heterocycles. The third-order valence-electron chi connectivity index (χ3n) is 3.90. The van der Waals surface area contributed by atoms with Gasteiger partial charge in [-0.2, -0.15) is 11.8 Å². The number of hydrogen-bond donors (Lipinski definition) is 3. The summed E-state index contributed by atoms with van der Waals surface area (Å²) < 4.78 is 0. The zero-order valence-electron chi connectivity index (χ0n) is 12.4. The molecule has 5 heteroatoms. The van der Waals surface area contributed by atoms with Crippen LogP contribution in [0, 0.1) is 11.8 Å². The molecule has 0 aliphatic heterocycles. The second-order valence-electron chi connectivity index (χ2n) is 6.02. The standard InChI is InChI=1S/C14H28N2O2S/c1-11-6-4-5-7-12(11)8-15-13(17)16-9-14(2,18)10-19-3/h11-12,18H,4-10H2,1-3H3,(H2,15,16,17). The van der Waals surface area contributed by atoms with Crippen molar-refractivity contribution in [2.45, 2.75) is 45.1 Å². The van der Waals surface area contributed by atoms with Gasteiger partial charge in [0.05, 0.1) is 5.60 Å². The number of carbonyl (C=O) groups is 1. The minimum absolute atomic E-state index is 0.167. The van der Waals surface area contributed by atoms with Gasteiger partial charge in [-0.1, -0.05) is 26.2 Å². The van der Waals surface area contributed by atoms with E-state index in [0.29, 0.717) is 24.1 Å². The van der Waals surface area contributed by atoms with Crippen LogP contribution in [0.4, 0.5) is 4.79 Å². The number of urea groups is 1. The maximum absolute atomic E-state index is 11.7. The number of carbonyl (C=O) groups excluding carboxylic acids is 1. The first kappa shape index (κ1) is 16.6. The van der Waals surface area contributed by atoms with Gasteiger partial charge >= 0.3 is 6.03 Å². The van der Waals surface area contributed by atoms with E-state index in [2.05, 4.69) is 17.6 Å². The Morgan fingerprint density at radius 2 is 2.05 bits per heavy atom. The average molecular weight is 288 g/mol. The molecule has 0 bridgehead atoms. The van der Waals surface area contributed by atoms with E-state index in [1.54, 1.807) is 18.7 Å². The SMILES string of the molecule is CSCC(C)(O)CNC(=O)NCC1CCCCC1C. The molecule has 1 fully saturated rings. The summed E-state index contributed by atoms with van der Waals surface area (Å²) in [5.41, 5.74) is -0.838. The van der Waals surface area contributed by atoms with Crippen LogP contribution in [-0.4, -0.2) is 41.8 Å². The first-order chi connectivity index (χ1) is 8.94. The maximum Gasteiger partial charge on any atom is 0.314 e. The molecule has 112 valence electrons. The molecule has 19 heavy (non-hydrogen) atoms. The van der Waals surface area contributed by atoms with Crippen LogP contribution in [0.3, 0.4) is 0 Å². The molecule has 2 amide bonds.